The van der Waals surface area contributed by atoms with Crippen LogP contribution in [0.25, 0.3) is 0 Å². The lowest BCUT2D eigenvalue weighted by Crippen LogP contribution is -2.18. The summed E-state index contributed by atoms with van der Waals surface area (Å²) in [4.78, 5) is 6.45. The number of nitrogens with two attached hydrogens (primary N) is 1. The molecule has 2 N–H and O–H groups in total. The smallest absolute Gasteiger partial charge is 0.131 e. The monoisotopic (exact) mass is 261 g/mol. The number of anilines is 2. The van der Waals surface area contributed by atoms with E-state index in [0.29, 0.717) is 5.69 Å². The van der Waals surface area contributed by atoms with Crippen LogP contribution < -0.4 is 10.6 Å². The fourth-order valence-electron chi connectivity index (χ4n) is 1.97. The van der Waals surface area contributed by atoms with Crippen molar-refractivity contribution in [3.05, 3.63) is 52.7 Å². The molecule has 1 heterocycles. The lowest BCUT2D eigenvalue weighted by molar-refractivity contribution is 0.891. The van der Waals surface area contributed by atoms with Crippen molar-refractivity contribution in [2.24, 2.45) is 0 Å². The van der Waals surface area contributed by atoms with E-state index in [1.165, 1.54) is 0 Å². The summed E-state index contributed by atoms with van der Waals surface area (Å²) in [5, 5.41) is 0.753. The highest BCUT2D eigenvalue weighted by Crippen LogP contribution is 2.20. The molecule has 1 aromatic carbocycles. The highest BCUT2D eigenvalue weighted by atomic mass is 35.5. The van der Waals surface area contributed by atoms with Gasteiger partial charge in [-0.25, -0.2) is 4.98 Å². The summed E-state index contributed by atoms with van der Waals surface area (Å²) in [5.74, 6) is 0.934. The minimum Gasteiger partial charge on any atom is -0.397 e. The van der Waals surface area contributed by atoms with Gasteiger partial charge in [-0.1, -0.05) is 23.7 Å². The highest BCUT2D eigenvalue weighted by molar-refractivity contribution is 6.30. The van der Waals surface area contributed by atoms with Crippen LogP contribution in [0.2, 0.25) is 5.02 Å². The van der Waals surface area contributed by atoms with Crippen LogP contribution in [0.4, 0.5) is 11.5 Å². The van der Waals surface area contributed by atoms with E-state index in [1.807, 2.05) is 38.2 Å². The largest absolute Gasteiger partial charge is 0.397 e. The Labute approximate surface area is 112 Å². The molecular weight excluding hydrogens is 246 g/mol. The Balaban J connectivity index is 2.19. The Bertz CT molecular complexity index is 554. The van der Waals surface area contributed by atoms with Gasteiger partial charge in [0.1, 0.15) is 5.82 Å². The molecule has 0 aliphatic heterocycles. The van der Waals surface area contributed by atoms with Crippen molar-refractivity contribution in [3.63, 3.8) is 0 Å². The second-order valence-electron chi connectivity index (χ2n) is 4.40. The maximum Gasteiger partial charge on any atom is 0.131 e. The Morgan fingerprint density at radius 1 is 1.33 bits per heavy atom. The number of nitrogens with zero attached hydrogens (tertiary/aromatic N) is 2. The zero-order chi connectivity index (χ0) is 13.1. The van der Waals surface area contributed by atoms with Crippen molar-refractivity contribution in [3.8, 4) is 0 Å². The number of aryl methyl sites for hydroxylation is 1. The van der Waals surface area contributed by atoms with Gasteiger partial charge in [-0.15, -0.1) is 0 Å². The van der Waals surface area contributed by atoms with Crippen molar-refractivity contribution < 1.29 is 0 Å². The molecule has 0 radical (unpaired) electrons. The summed E-state index contributed by atoms with van der Waals surface area (Å²) in [6, 6.07) is 9.77. The van der Waals surface area contributed by atoms with E-state index < -0.39 is 0 Å². The van der Waals surface area contributed by atoms with E-state index in [9.17, 15) is 0 Å². The van der Waals surface area contributed by atoms with Crippen LogP contribution in [-0.4, -0.2) is 12.0 Å². The summed E-state index contributed by atoms with van der Waals surface area (Å²) in [5.41, 5.74) is 8.61. The van der Waals surface area contributed by atoms with Gasteiger partial charge in [0.15, 0.2) is 0 Å². The number of rotatable bonds is 3. The van der Waals surface area contributed by atoms with Gasteiger partial charge in [0.25, 0.3) is 0 Å². The summed E-state index contributed by atoms with van der Waals surface area (Å²) < 4.78 is 0. The molecule has 4 heteroatoms. The van der Waals surface area contributed by atoms with Gasteiger partial charge in [-0.2, -0.15) is 0 Å². The molecule has 0 spiro atoms. The van der Waals surface area contributed by atoms with E-state index in [4.69, 9.17) is 17.3 Å². The van der Waals surface area contributed by atoms with Gasteiger partial charge in [0.05, 0.1) is 11.9 Å². The molecule has 94 valence electrons. The van der Waals surface area contributed by atoms with Gasteiger partial charge in [0.2, 0.25) is 0 Å². The standard InChI is InChI=1S/C14H16ClN3/c1-10-6-13(16)8-17-14(10)18(2)9-11-4-3-5-12(15)7-11/h3-8H,9,16H2,1-2H3. The number of benzene rings is 1. The third kappa shape index (κ3) is 2.93. The first-order chi connectivity index (χ1) is 8.56. The topological polar surface area (TPSA) is 42.1 Å². The number of aromatic nitrogens is 1. The van der Waals surface area contributed by atoms with Crippen molar-refractivity contribution in [2.45, 2.75) is 13.5 Å². The first-order valence-electron chi connectivity index (χ1n) is 5.74. The third-order valence-corrected chi connectivity index (χ3v) is 2.98. The Kier molecular flexibility index (Phi) is 3.72. The van der Waals surface area contributed by atoms with Crippen molar-refractivity contribution in [1.82, 2.24) is 4.98 Å². The molecule has 0 fully saturated rings. The minimum absolute atomic E-state index is 0.687. The normalized spacial score (nSPS) is 10.4. The van der Waals surface area contributed by atoms with Crippen molar-refractivity contribution >= 4 is 23.1 Å². The quantitative estimate of drug-likeness (QED) is 0.922. The van der Waals surface area contributed by atoms with Crippen molar-refractivity contribution in [2.75, 3.05) is 17.7 Å². The number of nitrogen functional groups attached to an aromatic ring is 1. The Morgan fingerprint density at radius 3 is 2.78 bits per heavy atom. The van der Waals surface area contributed by atoms with E-state index in [1.54, 1.807) is 6.20 Å². The number of hydrogen-bond donors (Lipinski definition) is 1. The van der Waals surface area contributed by atoms with Crippen LogP contribution in [0.3, 0.4) is 0 Å². The van der Waals surface area contributed by atoms with Crippen LogP contribution in [0.5, 0.6) is 0 Å². The molecule has 0 bridgehead atoms. The molecule has 2 rings (SSSR count). The fraction of sp³-hybridized carbons (Fsp3) is 0.214. The zero-order valence-electron chi connectivity index (χ0n) is 10.5. The van der Waals surface area contributed by atoms with Crippen LogP contribution in [0.15, 0.2) is 36.5 Å². The predicted molar refractivity (Wildman–Crippen MR) is 76.9 cm³/mol. The lowest BCUT2D eigenvalue weighted by atomic mass is 10.2. The maximum absolute atomic E-state index is 5.98. The lowest BCUT2D eigenvalue weighted by Gasteiger charge is -2.20. The van der Waals surface area contributed by atoms with E-state index in [2.05, 4.69) is 16.0 Å². The molecule has 0 saturated carbocycles. The number of hydrogen-bond acceptors (Lipinski definition) is 3. The van der Waals surface area contributed by atoms with Gasteiger partial charge in [-0.05, 0) is 36.2 Å². The first-order valence-corrected chi connectivity index (χ1v) is 6.12. The van der Waals surface area contributed by atoms with Gasteiger partial charge < -0.3 is 10.6 Å². The summed E-state index contributed by atoms with van der Waals surface area (Å²) >= 11 is 5.98. The van der Waals surface area contributed by atoms with Crippen LogP contribution >= 0.6 is 11.6 Å². The summed E-state index contributed by atoms with van der Waals surface area (Å²) in [7, 11) is 2.01. The third-order valence-electron chi connectivity index (χ3n) is 2.74. The molecular formula is C14H16ClN3. The summed E-state index contributed by atoms with van der Waals surface area (Å²) in [6.45, 7) is 2.77. The molecule has 0 amide bonds. The molecule has 0 atom stereocenters. The summed E-state index contributed by atoms with van der Waals surface area (Å²) in [6.07, 6.45) is 1.68. The van der Waals surface area contributed by atoms with Crippen molar-refractivity contribution in [1.29, 1.82) is 0 Å². The molecule has 0 aliphatic carbocycles. The molecule has 18 heavy (non-hydrogen) atoms. The zero-order valence-corrected chi connectivity index (χ0v) is 11.3. The van der Waals surface area contributed by atoms with Crippen LogP contribution in [0, 0.1) is 6.92 Å². The maximum atomic E-state index is 5.98. The molecule has 3 nitrogen and oxygen atoms in total. The van der Waals surface area contributed by atoms with Crippen LogP contribution in [0.1, 0.15) is 11.1 Å². The van der Waals surface area contributed by atoms with E-state index >= 15 is 0 Å². The van der Waals surface area contributed by atoms with Crippen LogP contribution in [-0.2, 0) is 6.54 Å². The molecule has 0 saturated heterocycles. The SMILES string of the molecule is Cc1cc(N)cnc1N(C)Cc1cccc(Cl)c1. The number of pyridine rings is 1. The number of halogens is 1. The molecule has 0 aliphatic rings. The second kappa shape index (κ2) is 5.27. The Morgan fingerprint density at radius 2 is 2.11 bits per heavy atom. The van der Waals surface area contributed by atoms with E-state index in [-0.39, 0.29) is 0 Å². The highest BCUT2D eigenvalue weighted by Gasteiger charge is 2.07. The first kappa shape index (κ1) is 12.7. The van der Waals surface area contributed by atoms with Gasteiger partial charge in [-0.3, -0.25) is 0 Å². The fourth-order valence-corrected chi connectivity index (χ4v) is 2.19. The molecule has 0 unspecified atom stereocenters. The second-order valence-corrected chi connectivity index (χ2v) is 4.83. The predicted octanol–water partition coefficient (Wildman–Crippen LogP) is 3.26. The minimum atomic E-state index is 0.687. The van der Waals surface area contributed by atoms with Gasteiger partial charge in [0, 0.05) is 18.6 Å². The van der Waals surface area contributed by atoms with Gasteiger partial charge >= 0.3 is 0 Å². The average molecular weight is 262 g/mol. The molecule has 1 aromatic heterocycles. The van der Waals surface area contributed by atoms with E-state index in [0.717, 1.165) is 28.5 Å². The Hall–Kier alpha value is -1.74. The average Bonchev–Trinajstić information content (AvgIpc) is 2.28. The molecule has 2 aromatic rings.